The van der Waals surface area contributed by atoms with Gasteiger partial charge in [-0.3, -0.25) is 4.79 Å². The molecule has 4 heteroatoms. The molecule has 1 atom stereocenters. The Balaban J connectivity index is 1.82. The van der Waals surface area contributed by atoms with Gasteiger partial charge in [-0.1, -0.05) is 6.07 Å². The van der Waals surface area contributed by atoms with Gasteiger partial charge in [0, 0.05) is 18.0 Å². The molecule has 3 nitrogen and oxygen atoms in total. The Bertz CT molecular complexity index is 284. The Hall–Kier alpha value is -0.870. The predicted molar refractivity (Wildman–Crippen MR) is 52.6 cm³/mol. The molecule has 1 amide bonds. The lowest BCUT2D eigenvalue weighted by Crippen LogP contribution is -2.35. The highest BCUT2D eigenvalue weighted by Gasteiger charge is 2.22. The maximum Gasteiger partial charge on any atom is 0.237 e. The molecule has 1 aliphatic rings. The van der Waals surface area contributed by atoms with Gasteiger partial charge in [0.2, 0.25) is 5.91 Å². The van der Waals surface area contributed by atoms with Crippen molar-refractivity contribution in [2.75, 3.05) is 6.54 Å². The minimum Gasteiger partial charge on any atom is -0.355 e. The zero-order valence-electron chi connectivity index (χ0n) is 7.25. The van der Waals surface area contributed by atoms with Gasteiger partial charge in [-0.25, -0.2) is 0 Å². The van der Waals surface area contributed by atoms with Crippen LogP contribution in [0.15, 0.2) is 17.5 Å². The second-order valence-electron chi connectivity index (χ2n) is 3.09. The van der Waals surface area contributed by atoms with Crippen LogP contribution in [0.4, 0.5) is 0 Å². The first kappa shape index (κ1) is 8.72. The first-order chi connectivity index (χ1) is 6.36. The van der Waals surface area contributed by atoms with Crippen LogP contribution in [0.25, 0.3) is 0 Å². The summed E-state index contributed by atoms with van der Waals surface area (Å²) in [4.78, 5) is 12.4. The zero-order valence-corrected chi connectivity index (χ0v) is 8.06. The van der Waals surface area contributed by atoms with Gasteiger partial charge < -0.3 is 10.6 Å². The monoisotopic (exact) mass is 196 g/mol. The van der Waals surface area contributed by atoms with Crippen LogP contribution >= 0.6 is 11.3 Å². The second-order valence-corrected chi connectivity index (χ2v) is 4.12. The molecular formula is C9H12N2OS. The summed E-state index contributed by atoms with van der Waals surface area (Å²) in [6.45, 7) is 1.61. The molecular weight excluding hydrogens is 184 g/mol. The fourth-order valence-corrected chi connectivity index (χ4v) is 2.08. The smallest absolute Gasteiger partial charge is 0.237 e. The van der Waals surface area contributed by atoms with Crippen LogP contribution in [-0.4, -0.2) is 18.5 Å². The zero-order chi connectivity index (χ0) is 9.10. The summed E-state index contributed by atoms with van der Waals surface area (Å²) >= 11 is 1.71. The maximum atomic E-state index is 11.2. The molecule has 0 bridgehead atoms. The maximum absolute atomic E-state index is 11.2. The van der Waals surface area contributed by atoms with Crippen molar-refractivity contribution in [1.29, 1.82) is 0 Å². The number of carbonyl (C=O) groups excluding carboxylic acids is 1. The molecule has 0 saturated carbocycles. The Morgan fingerprint density at radius 2 is 2.62 bits per heavy atom. The highest BCUT2D eigenvalue weighted by molar-refractivity contribution is 7.09. The molecule has 1 saturated heterocycles. The van der Waals surface area contributed by atoms with Crippen LogP contribution in [0.2, 0.25) is 0 Å². The van der Waals surface area contributed by atoms with Gasteiger partial charge in [-0.15, -0.1) is 11.3 Å². The van der Waals surface area contributed by atoms with Crippen LogP contribution < -0.4 is 10.6 Å². The fraction of sp³-hybridized carbons (Fsp3) is 0.444. The Morgan fingerprint density at radius 3 is 3.23 bits per heavy atom. The highest BCUT2D eigenvalue weighted by Crippen LogP contribution is 2.09. The standard InChI is InChI=1S/C9H12N2OS/c12-9-8(3-4-10-9)11-6-7-2-1-5-13-7/h1-2,5,8,11H,3-4,6H2,(H,10,12). The molecule has 1 aliphatic heterocycles. The van der Waals surface area contributed by atoms with E-state index >= 15 is 0 Å². The van der Waals surface area contributed by atoms with E-state index in [1.165, 1.54) is 4.88 Å². The van der Waals surface area contributed by atoms with Crippen LogP contribution in [0.3, 0.4) is 0 Å². The number of nitrogens with one attached hydrogen (secondary N) is 2. The number of carbonyl (C=O) groups is 1. The van der Waals surface area contributed by atoms with Crippen LogP contribution in [-0.2, 0) is 11.3 Å². The first-order valence-electron chi connectivity index (χ1n) is 4.40. The van der Waals surface area contributed by atoms with Crippen molar-refractivity contribution in [3.8, 4) is 0 Å². The van der Waals surface area contributed by atoms with E-state index in [1.54, 1.807) is 11.3 Å². The largest absolute Gasteiger partial charge is 0.355 e. The number of thiophene rings is 1. The van der Waals surface area contributed by atoms with Gasteiger partial charge >= 0.3 is 0 Å². The molecule has 2 rings (SSSR count). The van der Waals surface area contributed by atoms with Crippen LogP contribution in [0.5, 0.6) is 0 Å². The summed E-state index contributed by atoms with van der Waals surface area (Å²) in [5.74, 6) is 0.136. The molecule has 2 N–H and O–H groups in total. The molecule has 1 unspecified atom stereocenters. The van der Waals surface area contributed by atoms with E-state index in [0.29, 0.717) is 0 Å². The number of rotatable bonds is 3. The molecule has 1 aromatic rings. The van der Waals surface area contributed by atoms with Crippen LogP contribution in [0, 0.1) is 0 Å². The van der Waals surface area contributed by atoms with Gasteiger partial charge in [0.15, 0.2) is 0 Å². The highest BCUT2D eigenvalue weighted by atomic mass is 32.1. The lowest BCUT2D eigenvalue weighted by molar-refractivity contribution is -0.120. The Kier molecular flexibility index (Phi) is 2.61. The average Bonchev–Trinajstić information content (AvgIpc) is 2.72. The molecule has 0 spiro atoms. The van der Waals surface area contributed by atoms with Crippen molar-refractivity contribution in [1.82, 2.24) is 10.6 Å². The van der Waals surface area contributed by atoms with E-state index in [2.05, 4.69) is 16.7 Å². The van der Waals surface area contributed by atoms with Crippen molar-refractivity contribution in [2.24, 2.45) is 0 Å². The summed E-state index contributed by atoms with van der Waals surface area (Å²) < 4.78 is 0. The molecule has 1 fully saturated rings. The molecule has 13 heavy (non-hydrogen) atoms. The third-order valence-electron chi connectivity index (χ3n) is 2.15. The average molecular weight is 196 g/mol. The number of amides is 1. The molecule has 1 aromatic heterocycles. The molecule has 0 radical (unpaired) electrons. The molecule has 0 aromatic carbocycles. The van der Waals surface area contributed by atoms with E-state index in [9.17, 15) is 4.79 Å². The Labute approximate surface area is 81.2 Å². The number of hydrogen-bond donors (Lipinski definition) is 2. The SMILES string of the molecule is O=C1NCCC1NCc1cccs1. The van der Waals surface area contributed by atoms with Gasteiger partial charge in [0.05, 0.1) is 6.04 Å². The third kappa shape index (κ3) is 2.08. The molecule has 0 aliphatic carbocycles. The molecule has 70 valence electrons. The van der Waals surface area contributed by atoms with E-state index < -0.39 is 0 Å². The third-order valence-corrected chi connectivity index (χ3v) is 3.03. The van der Waals surface area contributed by atoms with Gasteiger partial charge in [0.25, 0.3) is 0 Å². The Morgan fingerprint density at radius 1 is 1.69 bits per heavy atom. The van der Waals surface area contributed by atoms with Crippen molar-refractivity contribution < 1.29 is 4.79 Å². The van der Waals surface area contributed by atoms with Crippen molar-refractivity contribution >= 4 is 17.2 Å². The summed E-state index contributed by atoms with van der Waals surface area (Å²) in [6, 6.07) is 4.11. The van der Waals surface area contributed by atoms with Gasteiger partial charge in [-0.05, 0) is 17.9 Å². The minimum atomic E-state index is 0.0158. The second kappa shape index (κ2) is 3.89. The van der Waals surface area contributed by atoms with E-state index in [-0.39, 0.29) is 11.9 Å². The molecule has 2 heterocycles. The van der Waals surface area contributed by atoms with Crippen molar-refractivity contribution in [2.45, 2.75) is 19.0 Å². The van der Waals surface area contributed by atoms with Gasteiger partial charge in [0.1, 0.15) is 0 Å². The summed E-state index contributed by atoms with van der Waals surface area (Å²) in [7, 11) is 0. The number of hydrogen-bond acceptors (Lipinski definition) is 3. The minimum absolute atomic E-state index is 0.0158. The normalized spacial score (nSPS) is 21.8. The fourth-order valence-electron chi connectivity index (χ4n) is 1.43. The van der Waals surface area contributed by atoms with E-state index in [1.807, 2.05) is 11.4 Å². The van der Waals surface area contributed by atoms with Crippen molar-refractivity contribution in [3.05, 3.63) is 22.4 Å². The lowest BCUT2D eigenvalue weighted by Gasteiger charge is -2.07. The van der Waals surface area contributed by atoms with Crippen molar-refractivity contribution in [3.63, 3.8) is 0 Å². The predicted octanol–water partition coefficient (Wildman–Crippen LogP) is 0.726. The first-order valence-corrected chi connectivity index (χ1v) is 5.28. The van der Waals surface area contributed by atoms with E-state index in [0.717, 1.165) is 19.5 Å². The van der Waals surface area contributed by atoms with E-state index in [4.69, 9.17) is 0 Å². The summed E-state index contributed by atoms with van der Waals surface area (Å²) in [5, 5.41) is 8.08. The summed E-state index contributed by atoms with van der Waals surface area (Å²) in [6.07, 6.45) is 0.907. The summed E-state index contributed by atoms with van der Waals surface area (Å²) in [5.41, 5.74) is 0. The van der Waals surface area contributed by atoms with Crippen LogP contribution in [0.1, 0.15) is 11.3 Å². The quantitative estimate of drug-likeness (QED) is 0.748. The topological polar surface area (TPSA) is 41.1 Å². The van der Waals surface area contributed by atoms with Gasteiger partial charge in [-0.2, -0.15) is 0 Å². The lowest BCUT2D eigenvalue weighted by atomic mass is 10.2.